The van der Waals surface area contributed by atoms with Gasteiger partial charge in [-0.15, -0.1) is 10.2 Å². The number of carbonyl (C=O) groups is 1. The number of sulfonamides is 1. The monoisotopic (exact) mass is 474 g/mol. The van der Waals surface area contributed by atoms with Crippen LogP contribution in [0.3, 0.4) is 0 Å². The van der Waals surface area contributed by atoms with Crippen LogP contribution in [0.2, 0.25) is 0 Å². The zero-order valence-corrected chi connectivity index (χ0v) is 20.1. The summed E-state index contributed by atoms with van der Waals surface area (Å²) >= 11 is 1.13. The summed E-state index contributed by atoms with van der Waals surface area (Å²) in [6.45, 7) is 8.35. The van der Waals surface area contributed by atoms with Gasteiger partial charge in [0.25, 0.3) is 5.22 Å². The topological polar surface area (TPSA) is 105 Å². The number of hydrogen-bond donors (Lipinski definition) is 1. The van der Waals surface area contributed by atoms with E-state index < -0.39 is 10.0 Å². The molecule has 1 N–H and O–H groups in total. The van der Waals surface area contributed by atoms with Gasteiger partial charge in [0.15, 0.2) is 0 Å². The molecule has 0 aliphatic heterocycles. The number of nitrogens with one attached hydrogen (secondary N) is 1. The van der Waals surface area contributed by atoms with E-state index in [1.807, 2.05) is 32.0 Å². The summed E-state index contributed by atoms with van der Waals surface area (Å²) in [5.41, 5.74) is 3.50. The van der Waals surface area contributed by atoms with Crippen LogP contribution < -0.4 is 5.32 Å². The molecule has 32 heavy (non-hydrogen) atoms. The van der Waals surface area contributed by atoms with Crippen molar-refractivity contribution in [2.45, 2.75) is 37.8 Å². The van der Waals surface area contributed by atoms with Crippen molar-refractivity contribution < 1.29 is 17.6 Å². The average Bonchev–Trinajstić information content (AvgIpc) is 3.24. The Morgan fingerprint density at radius 2 is 1.75 bits per heavy atom. The van der Waals surface area contributed by atoms with Gasteiger partial charge in [-0.25, -0.2) is 8.42 Å². The van der Waals surface area contributed by atoms with Gasteiger partial charge in [0.2, 0.25) is 21.8 Å². The van der Waals surface area contributed by atoms with Crippen LogP contribution in [0.5, 0.6) is 0 Å². The highest BCUT2D eigenvalue weighted by Gasteiger charge is 2.21. The lowest BCUT2D eigenvalue weighted by molar-refractivity contribution is -0.113. The van der Waals surface area contributed by atoms with Crippen LogP contribution in [0, 0.1) is 13.8 Å². The smallest absolute Gasteiger partial charge is 0.277 e. The number of hydrogen-bond acceptors (Lipinski definition) is 7. The number of carbonyl (C=O) groups excluding carboxylic acids is 1. The molecule has 1 aromatic heterocycles. The van der Waals surface area contributed by atoms with Crippen molar-refractivity contribution >= 4 is 33.4 Å². The maximum Gasteiger partial charge on any atom is 0.277 e. The maximum absolute atomic E-state index is 12.6. The summed E-state index contributed by atoms with van der Waals surface area (Å²) in [7, 11) is -3.53. The standard InChI is InChI=1S/C22H26N4O4S2/c1-5-26(6-2)32(28,29)18-10-8-17(9-11-18)21-24-25-22(30-21)31-14-20(27)23-19-12-7-15(3)13-16(19)4/h7-13H,5-6,14H2,1-4H3,(H,23,27). The Balaban J connectivity index is 1.62. The predicted octanol–water partition coefficient (Wildman–Crippen LogP) is 4.11. The normalized spacial score (nSPS) is 11.7. The second-order valence-electron chi connectivity index (χ2n) is 7.14. The summed E-state index contributed by atoms with van der Waals surface area (Å²) in [5, 5.41) is 11.1. The third-order valence-electron chi connectivity index (χ3n) is 4.83. The molecule has 0 radical (unpaired) electrons. The van der Waals surface area contributed by atoms with E-state index in [9.17, 15) is 13.2 Å². The summed E-state index contributed by atoms with van der Waals surface area (Å²) in [5.74, 6) is 0.206. The second-order valence-corrected chi connectivity index (χ2v) is 10.0. The van der Waals surface area contributed by atoms with Gasteiger partial charge in [0, 0.05) is 24.3 Å². The molecule has 0 fully saturated rings. The molecule has 170 valence electrons. The molecule has 3 rings (SSSR count). The first-order valence-corrected chi connectivity index (χ1v) is 12.6. The van der Waals surface area contributed by atoms with E-state index in [0.29, 0.717) is 18.7 Å². The number of anilines is 1. The lowest BCUT2D eigenvalue weighted by atomic mass is 10.1. The van der Waals surface area contributed by atoms with Crippen LogP contribution in [-0.2, 0) is 14.8 Å². The van der Waals surface area contributed by atoms with E-state index in [0.717, 1.165) is 28.6 Å². The van der Waals surface area contributed by atoms with Crippen LogP contribution in [0.4, 0.5) is 5.69 Å². The number of rotatable bonds is 9. The number of amides is 1. The van der Waals surface area contributed by atoms with E-state index in [-0.39, 0.29) is 27.7 Å². The Bertz CT molecular complexity index is 1190. The second kappa shape index (κ2) is 10.3. The van der Waals surface area contributed by atoms with Crippen LogP contribution in [-0.4, -0.2) is 47.7 Å². The van der Waals surface area contributed by atoms with E-state index in [2.05, 4.69) is 15.5 Å². The third kappa shape index (κ3) is 5.56. The Kier molecular flexibility index (Phi) is 7.70. The summed E-state index contributed by atoms with van der Waals surface area (Å²) in [4.78, 5) is 12.5. The van der Waals surface area contributed by atoms with Crippen LogP contribution in [0.25, 0.3) is 11.5 Å². The first-order chi connectivity index (χ1) is 15.2. The summed E-state index contributed by atoms with van der Waals surface area (Å²) in [6, 6.07) is 12.1. The van der Waals surface area contributed by atoms with Crippen molar-refractivity contribution in [1.82, 2.24) is 14.5 Å². The molecule has 0 bridgehead atoms. The van der Waals surface area contributed by atoms with Crippen molar-refractivity contribution in [3.05, 3.63) is 53.6 Å². The molecule has 8 nitrogen and oxygen atoms in total. The van der Waals surface area contributed by atoms with E-state index in [1.165, 1.54) is 16.4 Å². The van der Waals surface area contributed by atoms with Crippen molar-refractivity contribution in [3.8, 4) is 11.5 Å². The third-order valence-corrected chi connectivity index (χ3v) is 7.72. The van der Waals surface area contributed by atoms with Crippen molar-refractivity contribution in [1.29, 1.82) is 0 Å². The first kappa shape index (κ1) is 24.0. The molecule has 0 saturated heterocycles. The minimum atomic E-state index is -3.53. The van der Waals surface area contributed by atoms with Gasteiger partial charge in [-0.05, 0) is 49.7 Å². The molecule has 0 aliphatic rings. The lowest BCUT2D eigenvalue weighted by Gasteiger charge is -2.18. The van der Waals surface area contributed by atoms with Gasteiger partial charge in [-0.2, -0.15) is 4.31 Å². The quantitative estimate of drug-likeness (QED) is 0.465. The number of nitrogens with zero attached hydrogens (tertiary/aromatic N) is 3. The Labute approximate surface area is 192 Å². The van der Waals surface area contributed by atoms with Crippen molar-refractivity contribution in [2.24, 2.45) is 0 Å². The minimum absolute atomic E-state index is 0.121. The highest BCUT2D eigenvalue weighted by molar-refractivity contribution is 7.99. The average molecular weight is 475 g/mol. The predicted molar refractivity (Wildman–Crippen MR) is 125 cm³/mol. The molecule has 0 aliphatic carbocycles. The fourth-order valence-corrected chi connectivity index (χ4v) is 5.16. The molecule has 1 amide bonds. The molecule has 1 heterocycles. The summed E-state index contributed by atoms with van der Waals surface area (Å²) in [6.07, 6.45) is 0. The molecule has 0 atom stereocenters. The highest BCUT2D eigenvalue weighted by atomic mass is 32.2. The molecule has 0 saturated carbocycles. The van der Waals surface area contributed by atoms with Crippen LogP contribution in [0.1, 0.15) is 25.0 Å². The van der Waals surface area contributed by atoms with E-state index >= 15 is 0 Å². The Morgan fingerprint density at radius 1 is 1.06 bits per heavy atom. The lowest BCUT2D eigenvalue weighted by Crippen LogP contribution is -2.30. The maximum atomic E-state index is 12.6. The van der Waals surface area contributed by atoms with Crippen molar-refractivity contribution in [3.63, 3.8) is 0 Å². The number of aromatic nitrogens is 2. The Morgan fingerprint density at radius 3 is 2.38 bits per heavy atom. The molecule has 10 heteroatoms. The molecule has 0 spiro atoms. The van der Waals surface area contributed by atoms with Gasteiger partial charge >= 0.3 is 0 Å². The molecule has 2 aromatic carbocycles. The van der Waals surface area contributed by atoms with Gasteiger partial charge < -0.3 is 9.73 Å². The minimum Gasteiger partial charge on any atom is -0.411 e. The first-order valence-electron chi connectivity index (χ1n) is 10.2. The van der Waals surface area contributed by atoms with Crippen LogP contribution in [0.15, 0.2) is 57.0 Å². The van der Waals surface area contributed by atoms with Gasteiger partial charge in [-0.1, -0.05) is 43.3 Å². The molecular formula is C22H26N4O4S2. The van der Waals surface area contributed by atoms with Gasteiger partial charge in [0.1, 0.15) is 0 Å². The zero-order chi connectivity index (χ0) is 23.3. The number of benzene rings is 2. The Hall–Kier alpha value is -2.69. The highest BCUT2D eigenvalue weighted by Crippen LogP contribution is 2.25. The van der Waals surface area contributed by atoms with Gasteiger partial charge in [-0.3, -0.25) is 4.79 Å². The molecule has 3 aromatic rings. The summed E-state index contributed by atoms with van der Waals surface area (Å²) < 4.78 is 32.2. The molecule has 0 unspecified atom stereocenters. The largest absolute Gasteiger partial charge is 0.411 e. The van der Waals surface area contributed by atoms with Gasteiger partial charge in [0.05, 0.1) is 10.6 Å². The van der Waals surface area contributed by atoms with Crippen molar-refractivity contribution in [2.75, 3.05) is 24.2 Å². The SMILES string of the molecule is CCN(CC)S(=O)(=O)c1ccc(-c2nnc(SCC(=O)Nc3ccc(C)cc3C)o2)cc1. The number of aryl methyl sites for hydroxylation is 2. The molecular weight excluding hydrogens is 448 g/mol. The fraction of sp³-hybridized carbons (Fsp3) is 0.318. The van der Waals surface area contributed by atoms with E-state index in [4.69, 9.17) is 4.42 Å². The fourth-order valence-electron chi connectivity index (χ4n) is 3.13. The van der Waals surface area contributed by atoms with E-state index in [1.54, 1.807) is 26.0 Å². The zero-order valence-electron chi connectivity index (χ0n) is 18.5. The van der Waals surface area contributed by atoms with Crippen LogP contribution >= 0.6 is 11.8 Å². The number of thioether (sulfide) groups is 1.